The second-order valence-corrected chi connectivity index (χ2v) is 22.4. The minimum atomic E-state index is -2.40. The number of rotatable bonds is 22. The molecule has 520 valence electrons. The van der Waals surface area contributed by atoms with Gasteiger partial charge in [0.15, 0.2) is 50.3 Å². The van der Waals surface area contributed by atoms with Gasteiger partial charge < -0.3 is 204 Å². The fourth-order valence-corrected chi connectivity index (χ4v) is 11.4. The van der Waals surface area contributed by atoms with E-state index in [4.69, 9.17) is 71.1 Å². The van der Waals surface area contributed by atoms with E-state index in [1.165, 1.54) is 0 Å². The number of aliphatic hydroxyl groups is 26. The van der Waals surface area contributed by atoms with Gasteiger partial charge in [-0.25, -0.2) is 0 Å². The summed E-state index contributed by atoms with van der Waals surface area (Å²) in [5.74, 6) is 0. The highest BCUT2D eigenvalue weighted by Gasteiger charge is 2.59. The average molecular weight is 1320 g/mol. The van der Waals surface area contributed by atoms with Crippen LogP contribution in [0.4, 0.5) is 0 Å². The molecule has 0 unspecified atom stereocenters. The highest BCUT2D eigenvalue weighted by molar-refractivity contribution is 5.01. The summed E-state index contributed by atoms with van der Waals surface area (Å²) in [6.45, 7) is -8.13. The molecule has 41 nitrogen and oxygen atoms in total. The Morgan fingerprint density at radius 3 is 0.674 bits per heavy atom. The smallest absolute Gasteiger partial charge is 0.187 e. The summed E-state index contributed by atoms with van der Waals surface area (Å²) in [6, 6.07) is 0. The lowest BCUT2D eigenvalue weighted by Gasteiger charge is -2.50. The van der Waals surface area contributed by atoms with Crippen LogP contribution in [-0.2, 0) is 71.1 Å². The van der Waals surface area contributed by atoms with Gasteiger partial charge in [0.05, 0.1) is 52.9 Å². The predicted molar refractivity (Wildman–Crippen MR) is 264 cm³/mol. The van der Waals surface area contributed by atoms with E-state index < -0.39 is 299 Å². The quantitative estimate of drug-likeness (QED) is 0.0479. The fraction of sp³-hybridized carbons (Fsp3) is 1.00. The van der Waals surface area contributed by atoms with Crippen molar-refractivity contribution in [1.82, 2.24) is 0 Å². The van der Waals surface area contributed by atoms with E-state index in [1.54, 1.807) is 0 Å². The summed E-state index contributed by atoms with van der Waals surface area (Å²) in [5.41, 5.74) is 0. The second-order valence-electron chi connectivity index (χ2n) is 22.4. The zero-order valence-electron chi connectivity index (χ0n) is 46.5. The maximum absolute atomic E-state index is 11.9. The van der Waals surface area contributed by atoms with Crippen LogP contribution in [0.25, 0.3) is 0 Å². The van der Waals surface area contributed by atoms with Gasteiger partial charge in [-0.1, -0.05) is 0 Å². The zero-order chi connectivity index (χ0) is 65.4. The molecule has 8 saturated heterocycles. The molecule has 40 atom stereocenters. The van der Waals surface area contributed by atoms with Crippen LogP contribution in [0.15, 0.2) is 0 Å². The Morgan fingerprint density at radius 2 is 0.393 bits per heavy atom. The van der Waals surface area contributed by atoms with E-state index in [9.17, 15) is 133 Å². The monoisotopic (exact) mass is 1310 g/mol. The molecule has 0 aromatic heterocycles. The van der Waals surface area contributed by atoms with Crippen LogP contribution in [0.5, 0.6) is 0 Å². The number of ether oxygens (including phenoxy) is 15. The molecule has 0 amide bonds. The van der Waals surface area contributed by atoms with Crippen molar-refractivity contribution in [3.05, 3.63) is 0 Å². The summed E-state index contributed by atoms with van der Waals surface area (Å²) in [4.78, 5) is 0. The van der Waals surface area contributed by atoms with Crippen molar-refractivity contribution in [2.24, 2.45) is 0 Å². The van der Waals surface area contributed by atoms with Crippen molar-refractivity contribution in [2.75, 3.05) is 52.9 Å². The molecule has 26 N–H and O–H groups in total. The van der Waals surface area contributed by atoms with Gasteiger partial charge in [-0.15, -0.1) is 0 Å². The Labute approximate surface area is 501 Å². The summed E-state index contributed by atoms with van der Waals surface area (Å²) in [6.07, 6.45) is -80.0. The molecule has 8 aliphatic heterocycles. The van der Waals surface area contributed by atoms with Crippen LogP contribution in [0, 0.1) is 0 Å². The lowest BCUT2D eigenvalue weighted by Crippen LogP contribution is -2.68. The molecular weight excluding hydrogens is 1230 g/mol. The summed E-state index contributed by atoms with van der Waals surface area (Å²) >= 11 is 0. The first-order chi connectivity index (χ1) is 42.2. The van der Waals surface area contributed by atoms with Crippen molar-refractivity contribution in [3.8, 4) is 0 Å². The molecule has 8 heterocycles. The largest absolute Gasteiger partial charge is 0.394 e. The van der Waals surface area contributed by atoms with Crippen molar-refractivity contribution < 1.29 is 204 Å². The van der Waals surface area contributed by atoms with Crippen molar-refractivity contribution in [1.29, 1.82) is 0 Å². The summed E-state index contributed by atoms with van der Waals surface area (Å²) in [7, 11) is 0. The molecule has 0 aromatic carbocycles. The molecule has 0 radical (unpaired) electrons. The molecule has 0 saturated carbocycles. The normalized spacial score (nSPS) is 53.6. The van der Waals surface area contributed by atoms with Gasteiger partial charge in [-0.05, 0) is 0 Å². The zero-order valence-corrected chi connectivity index (χ0v) is 46.5. The van der Waals surface area contributed by atoms with Gasteiger partial charge in [-0.2, -0.15) is 0 Å². The third-order valence-corrected chi connectivity index (χ3v) is 16.6. The van der Waals surface area contributed by atoms with Crippen LogP contribution in [0.1, 0.15) is 0 Å². The lowest BCUT2D eigenvalue weighted by molar-refractivity contribution is -0.399. The molecule has 8 fully saturated rings. The number of hydrogen-bond donors (Lipinski definition) is 26. The van der Waals surface area contributed by atoms with Crippen LogP contribution in [0.3, 0.4) is 0 Å². The number of hydrogen-bond acceptors (Lipinski definition) is 41. The SMILES string of the molecule is OC[C@H]1O[C@@H](O[C@@H]2[C@H](O)[C@@H](O)[C@H](OC[C@H]3O[C@@H](O[C@@H]4[C@H](O)[C@@H](O)[C@H](O[C@@H]5[C@H](O)[C@@H](O)[C@H](O[C@@H]6[C@H](O)[C@@H](O)[C@H](O)O[C@@H]6CO)O[C@@H]5CO)O[C@@H]4CO)[C@H](O)[C@@H](O)[C@H]3O[C@@H]3O[C@H](CO)[C@H](O[C@@H]4O[C@H](CO)[C@H](O)[C@H](O)[C@H]4O)[C@H](O)[C@H]3O)O[C@@H]2CO)[C@H](O)[C@@H](O)[C@H]1O. The molecular formula is C48H82O41. The van der Waals surface area contributed by atoms with Crippen LogP contribution in [-0.4, -0.2) is 431 Å². The third kappa shape index (κ3) is 15.2. The predicted octanol–water partition coefficient (Wildman–Crippen LogP) is -18.5. The summed E-state index contributed by atoms with van der Waals surface area (Å²) < 4.78 is 84.2. The molecule has 0 aliphatic carbocycles. The number of aliphatic hydroxyl groups excluding tert-OH is 26. The minimum absolute atomic E-state index is 0.894. The van der Waals surface area contributed by atoms with Crippen LogP contribution >= 0.6 is 0 Å². The van der Waals surface area contributed by atoms with E-state index in [0.29, 0.717) is 0 Å². The Balaban J connectivity index is 0.987. The highest BCUT2D eigenvalue weighted by atomic mass is 16.8. The van der Waals surface area contributed by atoms with E-state index in [2.05, 4.69) is 0 Å². The van der Waals surface area contributed by atoms with Gasteiger partial charge in [0.25, 0.3) is 0 Å². The van der Waals surface area contributed by atoms with Crippen molar-refractivity contribution in [2.45, 2.75) is 246 Å². The van der Waals surface area contributed by atoms with E-state index in [-0.39, 0.29) is 0 Å². The first kappa shape index (κ1) is 73.2. The van der Waals surface area contributed by atoms with Crippen molar-refractivity contribution >= 4 is 0 Å². The Kier molecular flexibility index (Phi) is 25.9. The average Bonchev–Trinajstić information content (AvgIpc) is 1.04. The van der Waals surface area contributed by atoms with Crippen LogP contribution in [0.2, 0.25) is 0 Å². The summed E-state index contributed by atoms with van der Waals surface area (Å²) in [5, 5.41) is 278. The van der Waals surface area contributed by atoms with Gasteiger partial charge >= 0.3 is 0 Å². The molecule has 8 aliphatic rings. The van der Waals surface area contributed by atoms with E-state index in [1.807, 2.05) is 0 Å². The second kappa shape index (κ2) is 31.5. The Hall–Kier alpha value is -1.64. The van der Waals surface area contributed by atoms with Crippen LogP contribution < -0.4 is 0 Å². The first-order valence-electron chi connectivity index (χ1n) is 28.2. The van der Waals surface area contributed by atoms with Crippen molar-refractivity contribution in [3.63, 3.8) is 0 Å². The topological polar surface area (TPSA) is 664 Å². The standard InChI is InChI=1S/C48H82O41/c49-1-9-17(56)19(58)28(67)43(77-9)85-36-12(4-52)79-42(30(69)22(36)61)75-8-16-40(89-47-33(72)25(64)37(13(5-53)82-47)86-44-29(68)20(59)18(57)10(2-50)78-44)26(65)34(73)48(83-16)88-39-15(7-55)81-46(32(71)24(39)63)87-38-14(6-54)80-45(31(70)23(38)62)84-35-11(3-51)76-41(74)27(66)21(35)60/h9-74H,1-8H2/t9-,10-,11-,12-,13-,14-,15-,16-,17+,18+,19+,20+,21-,22-,23-,24-,25-,26-,27-,28-,29-,30-,31-,32-,33-,34-,35+,36+,37+,38+,39+,40+,41-,42-,43+,44+,45+,46+,47+,48+/m1/s1. The lowest BCUT2D eigenvalue weighted by atomic mass is 9.95. The molecule has 0 aromatic rings. The Morgan fingerprint density at radius 1 is 0.191 bits per heavy atom. The highest BCUT2D eigenvalue weighted by Crippen LogP contribution is 2.38. The third-order valence-electron chi connectivity index (χ3n) is 16.6. The molecule has 8 rings (SSSR count). The molecule has 41 heteroatoms. The molecule has 89 heavy (non-hydrogen) atoms. The van der Waals surface area contributed by atoms with Gasteiger partial charge in [0.1, 0.15) is 195 Å². The van der Waals surface area contributed by atoms with Gasteiger partial charge in [0.2, 0.25) is 0 Å². The van der Waals surface area contributed by atoms with E-state index in [0.717, 1.165) is 0 Å². The molecule has 0 spiro atoms. The van der Waals surface area contributed by atoms with E-state index >= 15 is 0 Å². The first-order valence-corrected chi connectivity index (χ1v) is 28.2. The minimum Gasteiger partial charge on any atom is -0.394 e. The Bertz CT molecular complexity index is 2120. The van der Waals surface area contributed by atoms with Gasteiger partial charge in [0, 0.05) is 0 Å². The maximum atomic E-state index is 11.9. The maximum Gasteiger partial charge on any atom is 0.187 e. The van der Waals surface area contributed by atoms with Gasteiger partial charge in [-0.3, -0.25) is 0 Å². The fourth-order valence-electron chi connectivity index (χ4n) is 11.4. The molecule has 0 bridgehead atoms.